The van der Waals surface area contributed by atoms with Crippen LogP contribution in [0, 0.1) is 0 Å². The molecule has 0 aliphatic rings. The number of rotatable bonds is 0. The minimum atomic E-state index is 0. The molecule has 10 radical (unpaired) electrons. The Morgan fingerprint density at radius 3 is 1.00 bits per heavy atom. The van der Waals surface area contributed by atoms with E-state index in [1.54, 1.807) is 0 Å². The van der Waals surface area contributed by atoms with Crippen LogP contribution in [0.4, 0.5) is 0 Å². The first kappa shape index (κ1) is 62.6. The second-order valence-electron chi connectivity index (χ2n) is 0. The molecule has 0 bridgehead atoms. The van der Waals surface area contributed by atoms with Crippen LogP contribution < -0.4 is 0 Å². The molecule has 0 atom stereocenters. The fourth-order valence-electron chi connectivity index (χ4n) is 0. The Morgan fingerprint density at radius 2 is 1.00 bits per heavy atom. The normalized spacial score (nSPS) is 0. The van der Waals surface area contributed by atoms with Gasteiger partial charge in [-0.1, -0.05) is 0 Å². The van der Waals surface area contributed by atoms with Gasteiger partial charge >= 0.3 is 0 Å². The first-order valence-electron chi connectivity index (χ1n) is 0. The van der Waals surface area contributed by atoms with Crippen LogP contribution >= 0.6 is 0 Å². The monoisotopic (exact) mass is 153 g/mol. The smallest absolute Gasteiger partial charge is 0 e. The van der Waals surface area contributed by atoms with Crippen LogP contribution in [0.3, 0.4) is 0 Å². The van der Waals surface area contributed by atoms with Crippen LogP contribution in [0.2, 0.25) is 0 Å². The van der Waals surface area contributed by atoms with Crippen LogP contribution in [0.1, 0.15) is 0 Å². The third-order valence-corrected chi connectivity index (χ3v) is 0. The largest absolute Gasteiger partial charge is 0.870 e. The van der Waals surface area contributed by atoms with Gasteiger partial charge in [0.15, 0.2) is 0 Å². The van der Waals surface area contributed by atoms with Gasteiger partial charge in [0.1, 0.15) is 0 Å². The van der Waals surface area contributed by atoms with Gasteiger partial charge in [0.25, 0.3) is 0 Å². The average molecular weight is 153 g/mol. The molecule has 0 aromatic heterocycles. The van der Waals surface area contributed by atoms with Crippen molar-refractivity contribution < 1.29 is 11.0 Å². The summed E-state index contributed by atoms with van der Waals surface area (Å²) >= 11 is 0. The average Bonchev–Trinajstić information content (AvgIpc) is 0. The molecule has 0 fully saturated rings. The molecule has 0 aliphatic carbocycles. The molecule has 0 amide bonds. The summed E-state index contributed by atoms with van der Waals surface area (Å²) in [6.45, 7) is 0. The summed E-state index contributed by atoms with van der Waals surface area (Å²) in [6, 6.07) is 0. The van der Waals surface area contributed by atoms with E-state index in [0.717, 1.165) is 0 Å². The van der Waals surface area contributed by atoms with Crippen molar-refractivity contribution in [3.63, 3.8) is 0 Å². The summed E-state index contributed by atoms with van der Waals surface area (Å²) in [5.74, 6) is 0. The minimum absolute atomic E-state index is 0. The third-order valence-electron chi connectivity index (χ3n) is 0. The van der Waals surface area contributed by atoms with Crippen molar-refractivity contribution in [2.75, 3.05) is 0 Å². The molecule has 0 heterocycles. The Balaban J connectivity index is 0. The molecule has 0 saturated carbocycles. The Kier molecular flexibility index (Phi) is 447. The summed E-state index contributed by atoms with van der Waals surface area (Å²) in [5, 5.41) is 0. The van der Waals surface area contributed by atoms with Crippen molar-refractivity contribution in [3.8, 4) is 0 Å². The maximum atomic E-state index is 0. The Morgan fingerprint density at radius 1 is 1.00 bits per heavy atom. The van der Waals surface area contributed by atoms with E-state index in [4.69, 9.17) is 0 Å². The maximum absolute atomic E-state index is 0. The van der Waals surface area contributed by atoms with Crippen LogP contribution in [0.5, 0.6) is 0 Å². The zero-order valence-electron chi connectivity index (χ0n) is 3.73. The van der Waals surface area contributed by atoms with E-state index in [1.165, 1.54) is 0 Å². The first-order chi connectivity index (χ1) is 0. The molecule has 0 aromatic carbocycles. The van der Waals surface area contributed by atoms with Crippen LogP contribution in [-0.4, -0.2) is 114 Å². The van der Waals surface area contributed by atoms with Gasteiger partial charge in [0.05, 0.1) is 0 Å². The van der Waals surface area contributed by atoms with E-state index in [0.29, 0.717) is 0 Å². The van der Waals surface area contributed by atoms with Gasteiger partial charge in [-0.15, -0.1) is 0 Å². The van der Waals surface area contributed by atoms with Gasteiger partial charge < -0.3 is 11.0 Å². The molecule has 0 spiro atoms. The molecule has 0 aliphatic heterocycles. The van der Waals surface area contributed by atoms with Crippen molar-refractivity contribution in [1.29, 1.82) is 0 Å². The van der Waals surface area contributed by atoms with Gasteiger partial charge in [0, 0.05) is 103 Å². The van der Waals surface area contributed by atoms with Gasteiger partial charge in [-0.25, -0.2) is 0 Å². The van der Waals surface area contributed by atoms with Crippen LogP contribution in [0.25, 0.3) is 0 Å². The number of hydrogen-bond donors (Lipinski definition) is 0. The summed E-state index contributed by atoms with van der Waals surface area (Å²) in [5.41, 5.74) is 0. The molecule has 26 valence electrons. The quantitative estimate of drug-likeness (QED) is 0.354. The second kappa shape index (κ2) is 42.8. The van der Waals surface area contributed by atoms with Crippen molar-refractivity contribution in [2.24, 2.45) is 0 Å². The summed E-state index contributed by atoms with van der Waals surface area (Å²) in [4.78, 5) is 0. The van der Waals surface area contributed by atoms with Gasteiger partial charge in [-0.05, 0) is 0 Å². The molecular weight excluding hydrogens is 150 g/mol. The predicted molar refractivity (Wildman–Crippen MR) is 28.6 cm³/mol. The van der Waals surface area contributed by atoms with Gasteiger partial charge in [-0.2, -0.15) is 0 Å². The predicted octanol–water partition coefficient (Wildman–Crippen LogP) is -2.52. The molecule has 0 aromatic rings. The minimum Gasteiger partial charge on any atom is -0.870 e. The van der Waals surface area contributed by atoms with E-state index >= 15 is 0 Å². The topological polar surface area (TPSA) is 61.5 Å². The van der Waals surface area contributed by atoms with Crippen molar-refractivity contribution >= 4 is 103 Å². The van der Waals surface area contributed by atoms with E-state index in [2.05, 4.69) is 0 Å². The zero-order valence-corrected chi connectivity index (χ0v) is 10.4. The summed E-state index contributed by atoms with van der Waals surface area (Å²) in [6.07, 6.45) is 0. The molecule has 3 N–H and O–H groups in total. The van der Waals surface area contributed by atoms with Crippen LogP contribution in [0.15, 0.2) is 0 Å². The van der Waals surface area contributed by atoms with E-state index < -0.39 is 0 Å². The Labute approximate surface area is 111 Å². The molecule has 0 rings (SSSR count). The molecule has 6 heteroatoms. The fourth-order valence-corrected chi connectivity index (χ4v) is 0. The summed E-state index contributed by atoms with van der Waals surface area (Å²) < 4.78 is 0. The van der Waals surface area contributed by atoms with E-state index in [1.807, 2.05) is 0 Å². The molecule has 0 saturated heterocycles. The summed E-state index contributed by atoms with van der Waals surface area (Å²) in [7, 11) is 0. The van der Waals surface area contributed by atoms with Crippen molar-refractivity contribution in [2.45, 2.75) is 0 Å². The second-order valence-corrected chi connectivity index (χ2v) is 0. The van der Waals surface area contributed by atoms with Crippen molar-refractivity contribution in [3.05, 3.63) is 0 Å². The first-order valence-corrected chi connectivity index (χ1v) is 0. The molecule has 2 nitrogen and oxygen atoms in total. The Bertz CT molecular complexity index is 13.5. The molecule has 0 unspecified atom stereocenters. The van der Waals surface area contributed by atoms with Crippen molar-refractivity contribution in [1.82, 2.24) is 0 Å². The van der Waals surface area contributed by atoms with Gasteiger partial charge in [0.2, 0.25) is 0 Å². The number of hydrogen-bond acceptors (Lipinski definition) is 1. The van der Waals surface area contributed by atoms with E-state index in [9.17, 15) is 0 Å². The SMILES string of the molecule is O.[Al].[K].[Mg].[OH-].[Si]. The maximum Gasteiger partial charge on any atom is 0 e. The zero-order chi connectivity index (χ0) is 0. The molecular formula is H3AlKMgO2Si-. The van der Waals surface area contributed by atoms with E-state index in [-0.39, 0.29) is 114 Å². The molecule has 6 heavy (non-hydrogen) atoms. The third kappa shape index (κ3) is 27.6. The fraction of sp³-hybridized carbons (Fsp3) is 0. The van der Waals surface area contributed by atoms with Crippen LogP contribution in [-0.2, 0) is 0 Å². The van der Waals surface area contributed by atoms with Gasteiger partial charge in [-0.3, -0.25) is 0 Å². The standard InChI is InChI=1S/Al.K.Mg.2H2O.Si/h;;;2*1H2;/p-1. The Hall–Kier alpha value is 3.07.